The van der Waals surface area contributed by atoms with Gasteiger partial charge < -0.3 is 14.7 Å². The van der Waals surface area contributed by atoms with E-state index < -0.39 is 51.7 Å². The molecule has 1 aliphatic heterocycles. The van der Waals surface area contributed by atoms with Gasteiger partial charge in [-0.15, -0.1) is 0 Å². The van der Waals surface area contributed by atoms with Crippen LogP contribution in [0.4, 0.5) is 8.78 Å². The highest BCUT2D eigenvalue weighted by Crippen LogP contribution is 2.32. The fourth-order valence-electron chi connectivity index (χ4n) is 2.32. The first-order chi connectivity index (χ1) is 12.4. The number of benzene rings is 2. The molecule has 2 unspecified atom stereocenters. The molecule has 3 rings (SSSR count). The molecule has 0 saturated carbocycles. The van der Waals surface area contributed by atoms with E-state index in [4.69, 9.17) is 26.3 Å². The standard InChI is InChI=1S/C17H12ClF2NO4S/c18-10-6-4-9(5-7-10)15-14(22)16(17(21)24-15)25-26(23)8-11-12(19)2-1-3-13(11)20/h1-7,15H,8,21H2. The van der Waals surface area contributed by atoms with Crippen LogP contribution >= 0.6 is 11.6 Å². The van der Waals surface area contributed by atoms with Crippen molar-refractivity contribution in [3.8, 4) is 0 Å². The predicted octanol–water partition coefficient (Wildman–Crippen LogP) is 3.27. The molecule has 0 fully saturated rings. The van der Waals surface area contributed by atoms with Gasteiger partial charge in [-0.05, 0) is 24.3 Å². The maximum Gasteiger partial charge on any atom is 0.249 e. The molecule has 2 N–H and O–H groups in total. The Morgan fingerprint density at radius 2 is 1.77 bits per heavy atom. The van der Waals surface area contributed by atoms with E-state index in [9.17, 15) is 17.8 Å². The van der Waals surface area contributed by atoms with Crippen LogP contribution < -0.4 is 5.73 Å². The van der Waals surface area contributed by atoms with Crippen molar-refractivity contribution in [1.82, 2.24) is 0 Å². The van der Waals surface area contributed by atoms with Crippen LogP contribution in [0.5, 0.6) is 0 Å². The summed E-state index contributed by atoms with van der Waals surface area (Å²) in [6, 6.07) is 9.54. The van der Waals surface area contributed by atoms with Gasteiger partial charge in [0.2, 0.25) is 28.5 Å². The Labute approximate surface area is 155 Å². The first kappa shape index (κ1) is 18.3. The van der Waals surface area contributed by atoms with Crippen LogP contribution in [-0.4, -0.2) is 9.99 Å². The Hall–Kier alpha value is -2.45. The molecule has 1 heterocycles. The van der Waals surface area contributed by atoms with Crippen molar-refractivity contribution in [2.24, 2.45) is 5.73 Å². The number of rotatable bonds is 5. The van der Waals surface area contributed by atoms with Crippen molar-refractivity contribution in [3.63, 3.8) is 0 Å². The number of ketones is 1. The molecule has 136 valence electrons. The van der Waals surface area contributed by atoms with Gasteiger partial charge in [-0.25, -0.2) is 13.0 Å². The van der Waals surface area contributed by atoms with Crippen LogP contribution in [0.15, 0.2) is 54.1 Å². The van der Waals surface area contributed by atoms with Crippen molar-refractivity contribution in [3.05, 3.63) is 81.9 Å². The van der Waals surface area contributed by atoms with E-state index in [-0.39, 0.29) is 5.88 Å². The lowest BCUT2D eigenvalue weighted by atomic mass is 10.1. The monoisotopic (exact) mass is 399 g/mol. The lowest BCUT2D eigenvalue weighted by Gasteiger charge is -2.09. The highest BCUT2D eigenvalue weighted by Gasteiger charge is 2.38. The molecule has 0 aromatic heterocycles. The SMILES string of the molecule is NC1=C(OS(=O)Cc2c(F)cccc2F)C(=O)C(c2ccc(Cl)cc2)O1. The van der Waals surface area contributed by atoms with Crippen LogP contribution in [0.3, 0.4) is 0 Å². The van der Waals surface area contributed by atoms with Gasteiger partial charge >= 0.3 is 0 Å². The summed E-state index contributed by atoms with van der Waals surface area (Å²) in [6.45, 7) is 0. The average Bonchev–Trinajstić information content (AvgIpc) is 2.87. The maximum atomic E-state index is 13.6. The highest BCUT2D eigenvalue weighted by molar-refractivity contribution is 7.79. The van der Waals surface area contributed by atoms with Crippen LogP contribution in [0, 0.1) is 11.6 Å². The van der Waals surface area contributed by atoms with Crippen molar-refractivity contribution in [2.75, 3.05) is 0 Å². The first-order valence-corrected chi connectivity index (χ1v) is 8.94. The number of carbonyl (C=O) groups excluding carboxylic acids is 1. The van der Waals surface area contributed by atoms with E-state index in [1.165, 1.54) is 6.07 Å². The second-order valence-electron chi connectivity index (χ2n) is 5.34. The number of halogens is 3. The summed E-state index contributed by atoms with van der Waals surface area (Å²) >= 11 is 3.56. The second kappa shape index (κ2) is 7.43. The zero-order valence-electron chi connectivity index (χ0n) is 13.1. The molecular formula is C17H12ClF2NO4S. The molecule has 0 aliphatic carbocycles. The number of hydrogen-bond acceptors (Lipinski definition) is 5. The van der Waals surface area contributed by atoms with Crippen LogP contribution in [0.1, 0.15) is 17.2 Å². The molecule has 0 bridgehead atoms. The Morgan fingerprint density at radius 1 is 1.15 bits per heavy atom. The number of hydrogen-bond donors (Lipinski definition) is 1. The topological polar surface area (TPSA) is 78.6 Å². The number of Topliss-reactive ketones (excluding diaryl/α,β-unsaturated/α-hetero) is 1. The molecule has 9 heteroatoms. The van der Waals surface area contributed by atoms with Gasteiger partial charge in [-0.2, -0.15) is 0 Å². The Kier molecular flexibility index (Phi) is 5.24. The van der Waals surface area contributed by atoms with Gasteiger partial charge in [0.25, 0.3) is 0 Å². The van der Waals surface area contributed by atoms with Crippen molar-refractivity contribution in [2.45, 2.75) is 11.9 Å². The van der Waals surface area contributed by atoms with Gasteiger partial charge in [0.05, 0.1) is 5.75 Å². The number of nitrogens with two attached hydrogens (primary N) is 1. The largest absolute Gasteiger partial charge is 0.460 e. The lowest BCUT2D eigenvalue weighted by Crippen LogP contribution is -2.13. The first-order valence-electron chi connectivity index (χ1n) is 7.32. The fourth-order valence-corrected chi connectivity index (χ4v) is 3.37. The second-order valence-corrected chi connectivity index (χ2v) is 6.84. The molecule has 2 aromatic carbocycles. The molecular weight excluding hydrogens is 388 g/mol. The summed E-state index contributed by atoms with van der Waals surface area (Å²) in [5.74, 6) is -3.76. The highest BCUT2D eigenvalue weighted by atomic mass is 35.5. The van der Waals surface area contributed by atoms with Crippen LogP contribution in [0.2, 0.25) is 5.02 Å². The van der Waals surface area contributed by atoms with E-state index in [1.54, 1.807) is 24.3 Å². The molecule has 1 aliphatic rings. The van der Waals surface area contributed by atoms with E-state index in [2.05, 4.69) is 0 Å². The third-order valence-electron chi connectivity index (χ3n) is 3.60. The zero-order chi connectivity index (χ0) is 18.8. The molecule has 0 amide bonds. The number of carbonyl (C=O) groups is 1. The minimum Gasteiger partial charge on any atom is -0.460 e. The summed E-state index contributed by atoms with van der Waals surface area (Å²) < 4.78 is 49.6. The Bertz CT molecular complexity index is 897. The van der Waals surface area contributed by atoms with E-state index in [1.807, 2.05) is 0 Å². The Balaban J connectivity index is 1.73. The molecule has 0 spiro atoms. The third kappa shape index (κ3) is 3.71. The predicted molar refractivity (Wildman–Crippen MR) is 90.8 cm³/mol. The zero-order valence-corrected chi connectivity index (χ0v) is 14.7. The lowest BCUT2D eigenvalue weighted by molar-refractivity contribution is -0.123. The minimum absolute atomic E-state index is 0.350. The molecule has 5 nitrogen and oxygen atoms in total. The summed E-state index contributed by atoms with van der Waals surface area (Å²) in [6.07, 6.45) is -1.07. The maximum absolute atomic E-state index is 13.6. The summed E-state index contributed by atoms with van der Waals surface area (Å²) in [5.41, 5.74) is 5.70. The van der Waals surface area contributed by atoms with Gasteiger partial charge in [0, 0.05) is 16.1 Å². The molecule has 0 radical (unpaired) electrons. The van der Waals surface area contributed by atoms with E-state index >= 15 is 0 Å². The quantitative estimate of drug-likeness (QED) is 0.834. The van der Waals surface area contributed by atoms with Gasteiger partial charge in [-0.1, -0.05) is 29.8 Å². The summed E-state index contributed by atoms with van der Waals surface area (Å²) in [5, 5.41) is 0.476. The van der Waals surface area contributed by atoms with Crippen molar-refractivity contribution >= 4 is 28.5 Å². The van der Waals surface area contributed by atoms with Crippen molar-refractivity contribution < 1.29 is 26.7 Å². The minimum atomic E-state index is -2.24. The number of ether oxygens (including phenoxy) is 1. The molecule has 2 atom stereocenters. The molecule has 26 heavy (non-hydrogen) atoms. The summed E-state index contributed by atoms with van der Waals surface area (Å²) in [4.78, 5) is 12.4. The van der Waals surface area contributed by atoms with E-state index in [0.717, 1.165) is 12.1 Å². The van der Waals surface area contributed by atoms with Gasteiger partial charge in [0.15, 0.2) is 6.10 Å². The van der Waals surface area contributed by atoms with Crippen LogP contribution in [0.25, 0.3) is 0 Å². The van der Waals surface area contributed by atoms with Gasteiger partial charge in [0.1, 0.15) is 11.6 Å². The Morgan fingerprint density at radius 3 is 2.38 bits per heavy atom. The van der Waals surface area contributed by atoms with E-state index in [0.29, 0.717) is 10.6 Å². The average molecular weight is 400 g/mol. The smallest absolute Gasteiger partial charge is 0.249 e. The van der Waals surface area contributed by atoms with Crippen LogP contribution in [-0.2, 0) is 30.5 Å². The third-order valence-corrected chi connectivity index (χ3v) is 4.73. The van der Waals surface area contributed by atoms with Gasteiger partial charge in [-0.3, -0.25) is 4.79 Å². The molecule has 0 saturated heterocycles. The normalized spacial score (nSPS) is 18.0. The summed E-state index contributed by atoms with van der Waals surface area (Å²) in [7, 11) is 0. The fraction of sp³-hybridized carbons (Fsp3) is 0.118. The molecule has 2 aromatic rings. The van der Waals surface area contributed by atoms with Crippen molar-refractivity contribution in [1.29, 1.82) is 0 Å².